The molecule has 0 saturated carbocycles. The zero-order valence-corrected chi connectivity index (χ0v) is 26.3. The van der Waals surface area contributed by atoms with Crippen molar-refractivity contribution in [3.63, 3.8) is 0 Å². The molecular formula is C38H41F2N3. The van der Waals surface area contributed by atoms with E-state index in [1.54, 1.807) is 4.68 Å². The van der Waals surface area contributed by atoms with Gasteiger partial charge in [-0.25, -0.2) is 18.4 Å². The summed E-state index contributed by atoms with van der Waals surface area (Å²) in [6.07, 6.45) is 1.54. The van der Waals surface area contributed by atoms with E-state index in [-0.39, 0.29) is 16.4 Å². The van der Waals surface area contributed by atoms with Crippen molar-refractivity contribution >= 4 is 0 Å². The lowest BCUT2D eigenvalue weighted by molar-refractivity contribution is 0.582. The molecule has 0 bridgehead atoms. The fourth-order valence-corrected chi connectivity index (χ4v) is 5.31. The van der Waals surface area contributed by atoms with E-state index >= 15 is 0 Å². The van der Waals surface area contributed by atoms with Gasteiger partial charge in [-0.05, 0) is 86.5 Å². The van der Waals surface area contributed by atoms with Gasteiger partial charge in [-0.15, -0.1) is 0 Å². The second kappa shape index (κ2) is 11.9. The molecule has 5 rings (SSSR count). The number of halogens is 2. The zero-order chi connectivity index (χ0) is 30.9. The Balaban J connectivity index is 1.61. The van der Waals surface area contributed by atoms with Crippen molar-refractivity contribution in [2.24, 2.45) is 0 Å². The molecule has 5 aromatic rings. The van der Waals surface area contributed by atoms with Crippen molar-refractivity contribution in [1.82, 2.24) is 14.8 Å². The molecule has 222 valence electrons. The lowest BCUT2D eigenvalue weighted by Gasteiger charge is -2.20. The van der Waals surface area contributed by atoms with Gasteiger partial charge in [-0.1, -0.05) is 97.0 Å². The molecule has 0 spiro atoms. The average Bonchev–Trinajstić information content (AvgIpc) is 3.33. The first-order valence-corrected chi connectivity index (χ1v) is 15.1. The van der Waals surface area contributed by atoms with Crippen LogP contribution in [0.1, 0.15) is 77.4 Å². The molecule has 0 N–H and O–H groups in total. The minimum atomic E-state index is -0.649. The normalized spacial score (nSPS) is 12.1. The summed E-state index contributed by atoms with van der Waals surface area (Å²) in [5.41, 5.74) is 8.38. The quantitative estimate of drug-likeness (QED) is 0.193. The van der Waals surface area contributed by atoms with Crippen LogP contribution in [0.5, 0.6) is 0 Å². The number of rotatable bonds is 7. The maximum Gasteiger partial charge on any atom is 0.161 e. The van der Waals surface area contributed by atoms with Crippen LogP contribution >= 0.6 is 0 Å². The molecule has 4 aromatic carbocycles. The summed E-state index contributed by atoms with van der Waals surface area (Å²) in [5.74, 6) is -0.220. The van der Waals surface area contributed by atoms with E-state index in [1.165, 1.54) is 23.3 Å². The number of benzene rings is 4. The number of aryl methyl sites for hydroxylation is 1. The van der Waals surface area contributed by atoms with Crippen LogP contribution in [0.25, 0.3) is 33.6 Å². The van der Waals surface area contributed by atoms with E-state index in [1.807, 2.05) is 0 Å². The van der Waals surface area contributed by atoms with E-state index in [0.717, 1.165) is 40.3 Å². The third-order valence-electron chi connectivity index (χ3n) is 7.85. The molecule has 0 atom stereocenters. The molecular weight excluding hydrogens is 536 g/mol. The standard InChI is InChI=1S/C38H41F2N3/c1-8-9-35-41-36(33-19-18-32(39)23-34(33)40)43(42-35)24-25-20-28(26-10-14-30(15-11-26)37(2,3)4)22-29(21-25)27-12-16-31(17-13-27)38(5,6)7/h10-23H,8-9,24H2,1-7H3. The lowest BCUT2D eigenvalue weighted by atomic mass is 9.85. The largest absolute Gasteiger partial charge is 0.241 e. The molecule has 0 radical (unpaired) electrons. The first-order valence-electron chi connectivity index (χ1n) is 15.1. The predicted molar refractivity (Wildman–Crippen MR) is 173 cm³/mol. The molecule has 0 saturated heterocycles. The maximum atomic E-state index is 14.9. The first-order chi connectivity index (χ1) is 20.3. The molecule has 0 fully saturated rings. The molecule has 5 heteroatoms. The number of aromatic nitrogens is 3. The van der Waals surface area contributed by atoms with Gasteiger partial charge < -0.3 is 0 Å². The summed E-state index contributed by atoms with van der Waals surface area (Å²) >= 11 is 0. The Morgan fingerprint density at radius 2 is 1.19 bits per heavy atom. The molecule has 0 aliphatic heterocycles. The first kappa shape index (κ1) is 30.3. The van der Waals surface area contributed by atoms with Crippen LogP contribution in [0.15, 0.2) is 84.9 Å². The van der Waals surface area contributed by atoms with E-state index in [0.29, 0.717) is 24.6 Å². The van der Waals surface area contributed by atoms with Crippen LogP contribution in [0.3, 0.4) is 0 Å². The van der Waals surface area contributed by atoms with Crippen molar-refractivity contribution in [3.8, 4) is 33.6 Å². The molecule has 0 aliphatic carbocycles. The topological polar surface area (TPSA) is 30.7 Å². The summed E-state index contributed by atoms with van der Waals surface area (Å²) in [4.78, 5) is 4.67. The van der Waals surface area contributed by atoms with Crippen molar-refractivity contribution in [2.75, 3.05) is 0 Å². The van der Waals surface area contributed by atoms with Crippen molar-refractivity contribution in [3.05, 3.63) is 119 Å². The number of hydrogen-bond donors (Lipinski definition) is 0. The molecule has 3 nitrogen and oxygen atoms in total. The van der Waals surface area contributed by atoms with E-state index in [9.17, 15) is 8.78 Å². The fraction of sp³-hybridized carbons (Fsp3) is 0.316. The van der Waals surface area contributed by atoms with Gasteiger partial charge >= 0.3 is 0 Å². The molecule has 0 aliphatic rings. The second-order valence-corrected chi connectivity index (χ2v) is 13.5. The highest BCUT2D eigenvalue weighted by molar-refractivity contribution is 5.74. The summed E-state index contributed by atoms with van der Waals surface area (Å²) in [5, 5.41) is 4.76. The van der Waals surface area contributed by atoms with Crippen LogP contribution in [0, 0.1) is 11.6 Å². The highest BCUT2D eigenvalue weighted by Crippen LogP contribution is 2.33. The van der Waals surface area contributed by atoms with Crippen molar-refractivity contribution < 1.29 is 8.78 Å². The van der Waals surface area contributed by atoms with Crippen LogP contribution in [0.4, 0.5) is 8.78 Å². The molecule has 1 aromatic heterocycles. The highest BCUT2D eigenvalue weighted by atomic mass is 19.1. The third kappa shape index (κ3) is 6.93. The predicted octanol–water partition coefficient (Wildman–Crippen LogP) is 10.2. The van der Waals surface area contributed by atoms with Gasteiger partial charge in [-0.3, -0.25) is 0 Å². The summed E-state index contributed by atoms with van der Waals surface area (Å²) < 4.78 is 30.4. The zero-order valence-electron chi connectivity index (χ0n) is 26.3. The Hall–Kier alpha value is -4.12. The maximum absolute atomic E-state index is 14.9. The fourth-order valence-electron chi connectivity index (χ4n) is 5.31. The Morgan fingerprint density at radius 1 is 0.651 bits per heavy atom. The van der Waals surface area contributed by atoms with E-state index < -0.39 is 11.6 Å². The van der Waals surface area contributed by atoms with Crippen LogP contribution < -0.4 is 0 Å². The molecule has 0 unspecified atom stereocenters. The Morgan fingerprint density at radius 3 is 1.65 bits per heavy atom. The van der Waals surface area contributed by atoms with Crippen LogP contribution in [-0.2, 0) is 23.8 Å². The van der Waals surface area contributed by atoms with Crippen molar-refractivity contribution in [1.29, 1.82) is 0 Å². The number of nitrogens with zero attached hydrogens (tertiary/aromatic N) is 3. The molecule has 1 heterocycles. The molecule has 43 heavy (non-hydrogen) atoms. The van der Waals surface area contributed by atoms with Gasteiger partial charge in [-0.2, -0.15) is 5.10 Å². The Kier molecular flexibility index (Phi) is 8.38. The monoisotopic (exact) mass is 577 g/mol. The highest BCUT2D eigenvalue weighted by Gasteiger charge is 2.19. The van der Waals surface area contributed by atoms with Crippen LogP contribution in [0.2, 0.25) is 0 Å². The SMILES string of the molecule is CCCc1nc(-c2ccc(F)cc2F)n(Cc2cc(-c3ccc(C(C)(C)C)cc3)cc(-c3ccc(C(C)(C)C)cc3)c2)n1. The van der Waals surface area contributed by atoms with Gasteiger partial charge in [0, 0.05) is 12.5 Å². The van der Waals surface area contributed by atoms with E-state index in [4.69, 9.17) is 5.10 Å². The van der Waals surface area contributed by atoms with E-state index in [2.05, 4.69) is 120 Å². The minimum Gasteiger partial charge on any atom is -0.241 e. The second-order valence-electron chi connectivity index (χ2n) is 13.5. The third-order valence-corrected chi connectivity index (χ3v) is 7.85. The number of hydrogen-bond acceptors (Lipinski definition) is 2. The van der Waals surface area contributed by atoms with Gasteiger partial charge in [0.05, 0.1) is 12.1 Å². The summed E-state index contributed by atoms with van der Waals surface area (Å²) in [6.45, 7) is 15.8. The lowest BCUT2D eigenvalue weighted by Crippen LogP contribution is -2.10. The average molecular weight is 578 g/mol. The Labute approximate surface area is 254 Å². The van der Waals surface area contributed by atoms with Crippen LogP contribution in [-0.4, -0.2) is 14.8 Å². The minimum absolute atomic E-state index is 0.0651. The molecule has 0 amide bonds. The summed E-state index contributed by atoms with van der Waals surface area (Å²) in [6, 6.07) is 27.7. The van der Waals surface area contributed by atoms with Gasteiger partial charge in [0.15, 0.2) is 11.6 Å². The van der Waals surface area contributed by atoms with Crippen molar-refractivity contribution in [2.45, 2.75) is 78.7 Å². The Bertz CT molecular complexity index is 1640. The van der Waals surface area contributed by atoms with Gasteiger partial charge in [0.25, 0.3) is 0 Å². The summed E-state index contributed by atoms with van der Waals surface area (Å²) in [7, 11) is 0. The van der Waals surface area contributed by atoms with Gasteiger partial charge in [0.1, 0.15) is 11.6 Å². The smallest absolute Gasteiger partial charge is 0.161 e. The van der Waals surface area contributed by atoms with Gasteiger partial charge in [0.2, 0.25) is 0 Å².